The number of allylic oxidation sites excluding steroid dienone is 2. The molecule has 0 unspecified atom stereocenters. The molecule has 4 N–H and O–H groups in total. The maximum absolute atomic E-state index is 11.8. The van der Waals surface area contributed by atoms with Gasteiger partial charge in [0.25, 0.3) is 5.91 Å². The molecule has 0 fully saturated rings. The standard InChI is InChI=1S/C23H27N5O/c1-15(10-11-26-16(2)24)21-14-28-22(20-9-5-8-19(20)21)27-13-17-6-4-7-18(12-17)23(29)25-3/h4,6-7,10-12,14H,2,5,8-9,13,24H2,1,3H3,(H,25,29)(H,27,28)/b15-10+,26-11?. The van der Waals surface area contributed by atoms with Crippen molar-refractivity contribution in [1.82, 2.24) is 10.3 Å². The number of nitrogens with zero attached hydrogens (tertiary/aromatic N) is 2. The third-order valence-electron chi connectivity index (χ3n) is 5.02. The van der Waals surface area contributed by atoms with E-state index < -0.39 is 0 Å². The van der Waals surface area contributed by atoms with E-state index >= 15 is 0 Å². The predicted octanol–water partition coefficient (Wildman–Crippen LogP) is 3.45. The lowest BCUT2D eigenvalue weighted by Crippen LogP contribution is -2.18. The molecule has 1 amide bonds. The smallest absolute Gasteiger partial charge is 0.251 e. The van der Waals surface area contributed by atoms with Gasteiger partial charge in [0.05, 0.1) is 0 Å². The van der Waals surface area contributed by atoms with Crippen LogP contribution in [-0.2, 0) is 19.4 Å². The van der Waals surface area contributed by atoms with Crippen LogP contribution in [0.15, 0.2) is 53.9 Å². The van der Waals surface area contributed by atoms with E-state index in [1.165, 1.54) is 11.1 Å². The van der Waals surface area contributed by atoms with E-state index in [1.54, 1.807) is 13.3 Å². The second-order valence-corrected chi connectivity index (χ2v) is 7.08. The molecule has 29 heavy (non-hydrogen) atoms. The first kappa shape index (κ1) is 20.3. The Hall–Kier alpha value is -3.41. The number of benzene rings is 1. The third-order valence-corrected chi connectivity index (χ3v) is 5.02. The van der Waals surface area contributed by atoms with E-state index in [-0.39, 0.29) is 11.7 Å². The van der Waals surface area contributed by atoms with Crippen LogP contribution < -0.4 is 16.4 Å². The average molecular weight is 390 g/mol. The summed E-state index contributed by atoms with van der Waals surface area (Å²) in [6.07, 6.45) is 8.70. The van der Waals surface area contributed by atoms with Crippen molar-refractivity contribution in [2.24, 2.45) is 10.7 Å². The number of rotatable bonds is 7. The van der Waals surface area contributed by atoms with E-state index in [4.69, 9.17) is 5.73 Å². The van der Waals surface area contributed by atoms with E-state index in [0.717, 1.165) is 41.8 Å². The molecule has 0 spiro atoms. The lowest BCUT2D eigenvalue weighted by molar-refractivity contribution is 0.0963. The summed E-state index contributed by atoms with van der Waals surface area (Å²) in [5.41, 5.74) is 12.0. The summed E-state index contributed by atoms with van der Waals surface area (Å²) in [4.78, 5) is 20.5. The fourth-order valence-electron chi connectivity index (χ4n) is 3.57. The molecule has 1 aromatic carbocycles. The van der Waals surface area contributed by atoms with Crippen LogP contribution in [0.1, 0.15) is 46.0 Å². The molecule has 1 aliphatic rings. The molecular formula is C23H27N5O. The van der Waals surface area contributed by atoms with Crippen molar-refractivity contribution >= 4 is 23.5 Å². The van der Waals surface area contributed by atoms with Gasteiger partial charge in [-0.05, 0) is 72.2 Å². The molecule has 6 nitrogen and oxygen atoms in total. The number of aromatic nitrogens is 1. The highest BCUT2D eigenvalue weighted by Gasteiger charge is 2.20. The van der Waals surface area contributed by atoms with Crippen LogP contribution in [0.5, 0.6) is 0 Å². The highest BCUT2D eigenvalue weighted by Crippen LogP contribution is 2.33. The number of hydrogen-bond acceptors (Lipinski definition) is 5. The summed E-state index contributed by atoms with van der Waals surface area (Å²) in [6.45, 7) is 6.24. The Bertz CT molecular complexity index is 991. The van der Waals surface area contributed by atoms with Gasteiger partial charge in [-0.3, -0.25) is 4.79 Å². The fraction of sp³-hybridized carbons (Fsp3) is 0.261. The van der Waals surface area contributed by atoms with Crippen LogP contribution in [0.2, 0.25) is 0 Å². The number of nitrogens with two attached hydrogens (primary N) is 1. The lowest BCUT2D eigenvalue weighted by Gasteiger charge is -2.14. The zero-order chi connectivity index (χ0) is 20.8. The third kappa shape index (κ3) is 4.90. The van der Waals surface area contributed by atoms with Crippen molar-refractivity contribution < 1.29 is 4.79 Å². The van der Waals surface area contributed by atoms with Gasteiger partial charge in [-0.1, -0.05) is 18.7 Å². The topological polar surface area (TPSA) is 92.4 Å². The zero-order valence-electron chi connectivity index (χ0n) is 17.0. The highest BCUT2D eigenvalue weighted by molar-refractivity contribution is 5.94. The number of pyridine rings is 1. The molecule has 150 valence electrons. The first-order valence-electron chi connectivity index (χ1n) is 9.71. The predicted molar refractivity (Wildman–Crippen MR) is 119 cm³/mol. The monoisotopic (exact) mass is 389 g/mol. The normalized spacial score (nSPS) is 13.4. The molecule has 1 aliphatic carbocycles. The molecule has 2 aromatic rings. The number of carbonyl (C=O) groups is 1. The van der Waals surface area contributed by atoms with Gasteiger partial charge in [-0.15, -0.1) is 0 Å². The molecular weight excluding hydrogens is 362 g/mol. The summed E-state index contributed by atoms with van der Waals surface area (Å²) in [5, 5.41) is 6.11. The first-order chi connectivity index (χ1) is 14.0. The molecule has 3 rings (SSSR count). The minimum Gasteiger partial charge on any atom is -0.384 e. The van der Waals surface area contributed by atoms with Gasteiger partial charge < -0.3 is 16.4 Å². The summed E-state index contributed by atoms with van der Waals surface area (Å²) >= 11 is 0. The van der Waals surface area contributed by atoms with Crippen molar-refractivity contribution in [2.45, 2.75) is 32.7 Å². The van der Waals surface area contributed by atoms with Gasteiger partial charge in [0.2, 0.25) is 0 Å². The van der Waals surface area contributed by atoms with Crippen molar-refractivity contribution in [1.29, 1.82) is 0 Å². The Labute approximate surface area is 171 Å². The molecule has 0 saturated carbocycles. The Kier molecular flexibility index (Phi) is 6.44. The van der Waals surface area contributed by atoms with Gasteiger partial charge in [0.1, 0.15) is 11.6 Å². The number of carbonyl (C=O) groups excluding carboxylic acids is 1. The van der Waals surface area contributed by atoms with E-state index in [0.29, 0.717) is 12.1 Å². The number of aliphatic imine (C=N–C) groups is 1. The molecule has 0 aliphatic heterocycles. The quantitative estimate of drug-likeness (QED) is 0.633. The molecule has 0 radical (unpaired) electrons. The first-order valence-corrected chi connectivity index (χ1v) is 9.71. The Morgan fingerprint density at radius 2 is 2.14 bits per heavy atom. The van der Waals surface area contributed by atoms with Gasteiger partial charge in [-0.25, -0.2) is 9.98 Å². The van der Waals surface area contributed by atoms with Crippen LogP contribution in [0.3, 0.4) is 0 Å². The summed E-state index contributed by atoms with van der Waals surface area (Å²) in [5.74, 6) is 1.13. The summed E-state index contributed by atoms with van der Waals surface area (Å²) < 4.78 is 0. The van der Waals surface area contributed by atoms with Crippen molar-refractivity contribution in [3.8, 4) is 0 Å². The molecule has 1 aromatic heterocycles. The largest absolute Gasteiger partial charge is 0.384 e. The summed E-state index contributed by atoms with van der Waals surface area (Å²) in [7, 11) is 1.64. The van der Waals surface area contributed by atoms with Gasteiger partial charge in [-0.2, -0.15) is 0 Å². The second-order valence-electron chi connectivity index (χ2n) is 7.08. The van der Waals surface area contributed by atoms with Gasteiger partial charge >= 0.3 is 0 Å². The number of anilines is 1. The van der Waals surface area contributed by atoms with E-state index in [2.05, 4.69) is 34.1 Å². The Balaban J connectivity index is 1.79. The van der Waals surface area contributed by atoms with E-state index in [9.17, 15) is 4.79 Å². The minimum absolute atomic E-state index is 0.0840. The SMILES string of the molecule is C=C(N)N=C/C=C(\C)c1cnc(NCc2cccc(C(=O)NC)c2)c2c1CCC2. The second kappa shape index (κ2) is 9.19. The molecule has 0 saturated heterocycles. The number of fused-ring (bicyclic) bond motifs is 1. The van der Waals surface area contributed by atoms with E-state index in [1.807, 2.05) is 36.5 Å². The number of hydrogen-bond donors (Lipinski definition) is 3. The van der Waals surface area contributed by atoms with Crippen molar-refractivity contribution in [3.63, 3.8) is 0 Å². The Morgan fingerprint density at radius 1 is 1.34 bits per heavy atom. The van der Waals surface area contributed by atoms with Crippen LogP contribution >= 0.6 is 0 Å². The molecule has 0 atom stereocenters. The van der Waals surface area contributed by atoms with Crippen LogP contribution in [0.4, 0.5) is 5.82 Å². The molecule has 0 bridgehead atoms. The van der Waals surface area contributed by atoms with Crippen LogP contribution in [-0.4, -0.2) is 24.2 Å². The molecule has 1 heterocycles. The van der Waals surface area contributed by atoms with Crippen LogP contribution in [0.25, 0.3) is 5.57 Å². The number of amides is 1. The maximum atomic E-state index is 11.8. The minimum atomic E-state index is -0.0840. The number of nitrogens with one attached hydrogen (secondary N) is 2. The fourth-order valence-corrected chi connectivity index (χ4v) is 3.57. The summed E-state index contributed by atoms with van der Waals surface area (Å²) in [6, 6.07) is 7.61. The highest BCUT2D eigenvalue weighted by atomic mass is 16.1. The zero-order valence-corrected chi connectivity index (χ0v) is 17.0. The average Bonchev–Trinajstić information content (AvgIpc) is 3.21. The van der Waals surface area contributed by atoms with Gasteiger partial charge in [0, 0.05) is 31.6 Å². The maximum Gasteiger partial charge on any atom is 0.251 e. The van der Waals surface area contributed by atoms with Crippen LogP contribution in [0, 0.1) is 0 Å². The van der Waals surface area contributed by atoms with Crippen molar-refractivity contribution in [2.75, 3.05) is 12.4 Å². The molecule has 6 heteroatoms. The van der Waals surface area contributed by atoms with Gasteiger partial charge in [0.15, 0.2) is 0 Å². The Morgan fingerprint density at radius 3 is 2.90 bits per heavy atom. The lowest BCUT2D eigenvalue weighted by atomic mass is 10.00. The van der Waals surface area contributed by atoms with Crippen molar-refractivity contribution in [3.05, 3.63) is 76.8 Å².